The molecule has 1 rings (SSSR count). The lowest BCUT2D eigenvalue weighted by atomic mass is 9.91. The van der Waals surface area contributed by atoms with Gasteiger partial charge in [-0.15, -0.1) is 0 Å². The molecule has 1 fully saturated rings. The van der Waals surface area contributed by atoms with Crippen LogP contribution in [-0.4, -0.2) is 60.5 Å². The molecule has 19 heavy (non-hydrogen) atoms. The van der Waals surface area contributed by atoms with Gasteiger partial charge in [0, 0.05) is 37.8 Å². The normalized spacial score (nSPS) is 23.5. The highest BCUT2D eigenvalue weighted by Crippen LogP contribution is 2.21. The molecule has 0 bridgehead atoms. The number of likely N-dealkylation sites (tertiary alicyclic amines) is 1. The Labute approximate surface area is 118 Å². The number of rotatable bonds is 7. The Morgan fingerprint density at radius 1 is 1.32 bits per heavy atom. The lowest BCUT2D eigenvalue weighted by Crippen LogP contribution is -2.54. The number of hydrogen-bond acceptors (Lipinski definition) is 4. The van der Waals surface area contributed by atoms with Crippen LogP contribution in [0.2, 0.25) is 0 Å². The Kier molecular flexibility index (Phi) is 6.74. The van der Waals surface area contributed by atoms with E-state index in [2.05, 4.69) is 37.9 Å². The van der Waals surface area contributed by atoms with Crippen molar-refractivity contribution < 1.29 is 9.84 Å². The lowest BCUT2D eigenvalue weighted by molar-refractivity contribution is 0.0207. The molecule has 0 spiro atoms. The molecule has 0 aromatic rings. The Hall–Kier alpha value is -0.160. The van der Waals surface area contributed by atoms with Crippen LogP contribution in [0.3, 0.4) is 0 Å². The third-order valence-corrected chi connectivity index (χ3v) is 4.17. The molecule has 2 N–H and O–H groups in total. The zero-order valence-electron chi connectivity index (χ0n) is 13.3. The quantitative estimate of drug-likeness (QED) is 0.739. The highest BCUT2D eigenvalue weighted by atomic mass is 16.5. The van der Waals surface area contributed by atoms with Gasteiger partial charge in [-0.05, 0) is 33.1 Å². The molecule has 1 saturated heterocycles. The van der Waals surface area contributed by atoms with Crippen LogP contribution in [0.1, 0.15) is 47.0 Å². The molecular weight excluding hydrogens is 240 g/mol. The second-order valence-electron chi connectivity index (χ2n) is 6.54. The van der Waals surface area contributed by atoms with Gasteiger partial charge in [0.1, 0.15) is 0 Å². The van der Waals surface area contributed by atoms with Crippen molar-refractivity contribution in [2.75, 3.05) is 26.8 Å². The van der Waals surface area contributed by atoms with Crippen molar-refractivity contribution in [1.82, 2.24) is 10.2 Å². The van der Waals surface area contributed by atoms with Crippen molar-refractivity contribution in [2.24, 2.45) is 0 Å². The third kappa shape index (κ3) is 5.38. The fraction of sp³-hybridized carbons (Fsp3) is 1.00. The van der Waals surface area contributed by atoms with Gasteiger partial charge in [0.25, 0.3) is 0 Å². The van der Waals surface area contributed by atoms with Gasteiger partial charge in [0.2, 0.25) is 0 Å². The van der Waals surface area contributed by atoms with Crippen LogP contribution in [-0.2, 0) is 4.74 Å². The van der Waals surface area contributed by atoms with Crippen LogP contribution >= 0.6 is 0 Å². The van der Waals surface area contributed by atoms with Crippen molar-refractivity contribution in [2.45, 2.75) is 70.7 Å². The largest absolute Gasteiger partial charge is 0.394 e. The van der Waals surface area contributed by atoms with Crippen LogP contribution in [0.15, 0.2) is 0 Å². The minimum absolute atomic E-state index is 0.185. The summed E-state index contributed by atoms with van der Waals surface area (Å²) in [6.07, 6.45) is 3.64. The van der Waals surface area contributed by atoms with Crippen molar-refractivity contribution in [3.63, 3.8) is 0 Å². The molecule has 2 unspecified atom stereocenters. The summed E-state index contributed by atoms with van der Waals surface area (Å²) < 4.78 is 5.41. The molecule has 1 heterocycles. The number of hydrogen-bond donors (Lipinski definition) is 2. The molecule has 4 heteroatoms. The van der Waals surface area contributed by atoms with Crippen LogP contribution in [0.5, 0.6) is 0 Å². The summed E-state index contributed by atoms with van der Waals surface area (Å²) in [6.45, 7) is 11.0. The second kappa shape index (κ2) is 7.58. The van der Waals surface area contributed by atoms with Gasteiger partial charge in [0.15, 0.2) is 0 Å². The van der Waals surface area contributed by atoms with Gasteiger partial charge >= 0.3 is 0 Å². The average Bonchev–Trinajstić information content (AvgIpc) is 2.37. The first kappa shape index (κ1) is 16.9. The number of aliphatic hydroxyl groups is 1. The van der Waals surface area contributed by atoms with Crippen molar-refractivity contribution in [3.8, 4) is 0 Å². The first-order valence-electron chi connectivity index (χ1n) is 7.55. The Morgan fingerprint density at radius 3 is 2.32 bits per heavy atom. The molecule has 0 aromatic carbocycles. The van der Waals surface area contributed by atoms with Crippen molar-refractivity contribution >= 4 is 0 Å². The first-order chi connectivity index (χ1) is 8.90. The van der Waals surface area contributed by atoms with Crippen LogP contribution < -0.4 is 5.32 Å². The molecule has 0 radical (unpaired) electrons. The van der Waals surface area contributed by atoms with E-state index in [0.717, 1.165) is 32.4 Å². The van der Waals surface area contributed by atoms with Crippen LogP contribution in [0, 0.1) is 0 Å². The molecule has 1 aliphatic rings. The summed E-state index contributed by atoms with van der Waals surface area (Å²) in [5.74, 6) is 0. The van der Waals surface area contributed by atoms with Crippen molar-refractivity contribution in [1.29, 1.82) is 0 Å². The Balaban J connectivity index is 2.46. The first-order valence-corrected chi connectivity index (χ1v) is 7.55. The van der Waals surface area contributed by atoms with Gasteiger partial charge in [-0.25, -0.2) is 0 Å². The van der Waals surface area contributed by atoms with Gasteiger partial charge in [0.05, 0.1) is 12.7 Å². The maximum absolute atomic E-state index is 9.66. The highest BCUT2D eigenvalue weighted by Gasteiger charge is 2.30. The number of nitrogens with zero attached hydrogens (tertiary/aromatic N) is 1. The fourth-order valence-corrected chi connectivity index (χ4v) is 3.20. The van der Waals surface area contributed by atoms with E-state index in [9.17, 15) is 5.11 Å². The SMILES string of the molecule is COC1CCN(C(C)CC(C)(CO)NC(C)C)CC1. The van der Waals surface area contributed by atoms with Gasteiger partial charge in [-0.2, -0.15) is 0 Å². The molecule has 1 aliphatic heterocycles. The molecule has 114 valence electrons. The smallest absolute Gasteiger partial charge is 0.0611 e. The number of aliphatic hydroxyl groups excluding tert-OH is 1. The Morgan fingerprint density at radius 2 is 1.89 bits per heavy atom. The van der Waals surface area contributed by atoms with E-state index in [-0.39, 0.29) is 12.1 Å². The van der Waals surface area contributed by atoms with Crippen LogP contribution in [0.25, 0.3) is 0 Å². The van der Waals surface area contributed by atoms with E-state index in [1.54, 1.807) is 7.11 Å². The minimum Gasteiger partial charge on any atom is -0.394 e. The number of ether oxygens (including phenoxy) is 1. The number of nitrogens with one attached hydrogen (secondary N) is 1. The molecule has 0 amide bonds. The predicted molar refractivity (Wildman–Crippen MR) is 79.4 cm³/mol. The maximum atomic E-state index is 9.66. The molecule has 0 saturated carbocycles. The zero-order chi connectivity index (χ0) is 14.5. The van der Waals surface area contributed by atoms with Gasteiger partial charge < -0.3 is 20.1 Å². The van der Waals surface area contributed by atoms with Crippen LogP contribution in [0.4, 0.5) is 0 Å². The van der Waals surface area contributed by atoms with E-state index in [0.29, 0.717) is 18.2 Å². The van der Waals surface area contributed by atoms with Gasteiger partial charge in [-0.1, -0.05) is 13.8 Å². The van der Waals surface area contributed by atoms with E-state index in [1.165, 1.54) is 0 Å². The lowest BCUT2D eigenvalue weighted by Gasteiger charge is -2.40. The summed E-state index contributed by atoms with van der Waals surface area (Å²) in [5.41, 5.74) is -0.189. The standard InChI is InChI=1S/C15H32N2O2/c1-12(2)16-15(4,11-18)10-13(3)17-8-6-14(19-5)7-9-17/h12-14,16,18H,6-11H2,1-5H3. The van der Waals surface area contributed by atoms with E-state index in [1.807, 2.05) is 0 Å². The molecular formula is C15H32N2O2. The molecule has 4 nitrogen and oxygen atoms in total. The molecule has 0 aliphatic carbocycles. The van der Waals surface area contributed by atoms with E-state index < -0.39 is 0 Å². The Bertz CT molecular complexity index is 253. The zero-order valence-corrected chi connectivity index (χ0v) is 13.3. The number of methoxy groups -OCH3 is 1. The molecule has 2 atom stereocenters. The summed E-state index contributed by atoms with van der Waals surface area (Å²) >= 11 is 0. The maximum Gasteiger partial charge on any atom is 0.0611 e. The van der Waals surface area contributed by atoms with E-state index in [4.69, 9.17) is 4.74 Å². The monoisotopic (exact) mass is 272 g/mol. The summed E-state index contributed by atoms with van der Waals surface area (Å²) in [4.78, 5) is 2.52. The topological polar surface area (TPSA) is 44.7 Å². The minimum atomic E-state index is -0.189. The summed E-state index contributed by atoms with van der Waals surface area (Å²) in [5, 5.41) is 13.2. The fourth-order valence-electron chi connectivity index (χ4n) is 3.20. The van der Waals surface area contributed by atoms with Crippen molar-refractivity contribution in [3.05, 3.63) is 0 Å². The average molecular weight is 272 g/mol. The third-order valence-electron chi connectivity index (χ3n) is 4.17. The highest BCUT2D eigenvalue weighted by molar-refractivity contribution is 4.89. The van der Waals surface area contributed by atoms with Gasteiger partial charge in [-0.3, -0.25) is 0 Å². The molecule has 0 aromatic heterocycles. The number of piperidine rings is 1. The summed E-state index contributed by atoms with van der Waals surface area (Å²) in [7, 11) is 1.80. The van der Waals surface area contributed by atoms with E-state index >= 15 is 0 Å². The predicted octanol–water partition coefficient (Wildman–Crippen LogP) is 1.62. The second-order valence-corrected chi connectivity index (χ2v) is 6.54. The summed E-state index contributed by atoms with van der Waals surface area (Å²) in [6, 6.07) is 0.879.